The number of carbonyl (C=O) groups excluding carboxylic acids is 1. The summed E-state index contributed by atoms with van der Waals surface area (Å²) in [7, 11) is 1.83. The summed E-state index contributed by atoms with van der Waals surface area (Å²) < 4.78 is 1.67. The molecule has 1 heterocycles. The average Bonchev–Trinajstić information content (AvgIpc) is 2.77. The Bertz CT molecular complexity index is 381. The number of rotatable bonds is 3. The summed E-state index contributed by atoms with van der Waals surface area (Å²) in [6, 6.07) is 1.79. The number of carbonyl (C=O) groups is 1. The van der Waals surface area contributed by atoms with Crippen molar-refractivity contribution in [2.75, 3.05) is 5.32 Å². The van der Waals surface area contributed by atoms with Gasteiger partial charge in [0.05, 0.1) is 0 Å². The molecule has 15 heavy (non-hydrogen) atoms. The minimum Gasteiger partial charge on any atom is -0.309 e. The molecule has 1 amide bonds. The predicted molar refractivity (Wildman–Crippen MR) is 58.3 cm³/mol. The van der Waals surface area contributed by atoms with Gasteiger partial charge in [-0.1, -0.05) is 12.2 Å². The van der Waals surface area contributed by atoms with Gasteiger partial charge in [-0.3, -0.25) is 9.48 Å². The highest BCUT2D eigenvalue weighted by Crippen LogP contribution is 2.20. The predicted octanol–water partition coefficient (Wildman–Crippen LogP) is 1.71. The molecule has 1 aromatic rings. The molecule has 1 unspecified atom stereocenters. The van der Waals surface area contributed by atoms with E-state index in [2.05, 4.69) is 22.6 Å². The quantitative estimate of drug-likeness (QED) is 0.764. The van der Waals surface area contributed by atoms with Crippen LogP contribution in [0.4, 0.5) is 5.82 Å². The third kappa shape index (κ3) is 2.68. The first-order chi connectivity index (χ1) is 7.24. The maximum absolute atomic E-state index is 11.6. The van der Waals surface area contributed by atoms with Crippen molar-refractivity contribution in [2.45, 2.75) is 19.3 Å². The molecule has 0 bridgehead atoms. The molecule has 2 rings (SSSR count). The molecule has 0 spiro atoms. The van der Waals surface area contributed by atoms with Gasteiger partial charge in [-0.15, -0.1) is 0 Å². The molecule has 1 aromatic heterocycles. The first-order valence-electron chi connectivity index (χ1n) is 5.20. The largest absolute Gasteiger partial charge is 0.309 e. The van der Waals surface area contributed by atoms with Crippen LogP contribution in [0.2, 0.25) is 0 Å². The molecule has 1 N–H and O–H groups in total. The number of nitrogens with one attached hydrogen (secondary N) is 1. The minimum atomic E-state index is 0.0465. The number of allylic oxidation sites excluding steroid dienone is 2. The van der Waals surface area contributed by atoms with Crippen molar-refractivity contribution in [1.82, 2.24) is 9.78 Å². The average molecular weight is 205 g/mol. The van der Waals surface area contributed by atoms with E-state index in [4.69, 9.17) is 0 Å². The van der Waals surface area contributed by atoms with Crippen molar-refractivity contribution in [2.24, 2.45) is 13.0 Å². The van der Waals surface area contributed by atoms with E-state index >= 15 is 0 Å². The Morgan fingerprint density at radius 3 is 3.20 bits per heavy atom. The molecule has 0 radical (unpaired) electrons. The third-order valence-electron chi connectivity index (χ3n) is 2.54. The van der Waals surface area contributed by atoms with Crippen molar-refractivity contribution >= 4 is 11.7 Å². The summed E-state index contributed by atoms with van der Waals surface area (Å²) in [5, 5.41) is 6.88. The summed E-state index contributed by atoms with van der Waals surface area (Å²) in [6.45, 7) is 0. The molecule has 0 saturated carbocycles. The molecular weight excluding hydrogens is 190 g/mol. The first-order valence-corrected chi connectivity index (χ1v) is 5.20. The second-order valence-electron chi connectivity index (χ2n) is 3.89. The van der Waals surface area contributed by atoms with Gasteiger partial charge < -0.3 is 5.32 Å². The molecule has 1 aliphatic carbocycles. The highest BCUT2D eigenvalue weighted by atomic mass is 16.1. The Labute approximate surface area is 89.0 Å². The lowest BCUT2D eigenvalue weighted by atomic mass is 10.1. The van der Waals surface area contributed by atoms with E-state index in [9.17, 15) is 4.79 Å². The highest BCUT2D eigenvalue weighted by Gasteiger charge is 2.14. The third-order valence-corrected chi connectivity index (χ3v) is 2.54. The van der Waals surface area contributed by atoms with Crippen LogP contribution in [0, 0.1) is 5.92 Å². The number of aromatic nitrogens is 2. The monoisotopic (exact) mass is 205 g/mol. The first kappa shape index (κ1) is 9.96. The number of amides is 1. The number of nitrogens with zero attached hydrogens (tertiary/aromatic N) is 2. The Kier molecular flexibility index (Phi) is 2.85. The minimum absolute atomic E-state index is 0.0465. The number of hydrogen-bond donors (Lipinski definition) is 1. The van der Waals surface area contributed by atoms with Crippen LogP contribution in [0.1, 0.15) is 19.3 Å². The lowest BCUT2D eigenvalue weighted by Crippen LogP contribution is -2.15. The van der Waals surface area contributed by atoms with Crippen LogP contribution in [0.5, 0.6) is 0 Å². The zero-order valence-electron chi connectivity index (χ0n) is 8.81. The number of aryl methyl sites for hydroxylation is 1. The highest BCUT2D eigenvalue weighted by molar-refractivity contribution is 5.89. The maximum atomic E-state index is 11.6. The second-order valence-corrected chi connectivity index (χ2v) is 3.89. The van der Waals surface area contributed by atoms with Gasteiger partial charge in [-0.25, -0.2) is 0 Å². The molecule has 0 fully saturated rings. The molecule has 1 atom stereocenters. The Balaban J connectivity index is 1.84. The zero-order valence-corrected chi connectivity index (χ0v) is 8.81. The summed E-state index contributed by atoms with van der Waals surface area (Å²) in [5.41, 5.74) is 0. The lowest BCUT2D eigenvalue weighted by molar-refractivity contribution is -0.116. The van der Waals surface area contributed by atoms with E-state index in [0.717, 1.165) is 12.8 Å². The van der Waals surface area contributed by atoms with Crippen LogP contribution in [-0.2, 0) is 11.8 Å². The second kappa shape index (κ2) is 4.29. The molecule has 0 aromatic carbocycles. The molecule has 0 saturated heterocycles. The van der Waals surface area contributed by atoms with Crippen molar-refractivity contribution in [3.05, 3.63) is 24.4 Å². The topological polar surface area (TPSA) is 46.9 Å². The number of hydrogen-bond acceptors (Lipinski definition) is 2. The smallest absolute Gasteiger partial charge is 0.226 e. The molecule has 4 nitrogen and oxygen atoms in total. The van der Waals surface area contributed by atoms with Crippen LogP contribution in [0.3, 0.4) is 0 Å². The Morgan fingerprint density at radius 1 is 1.73 bits per heavy atom. The standard InChI is InChI=1S/C11H15N3O/c1-14-7-6-10(13-14)12-11(15)8-9-4-2-3-5-9/h2,4,6-7,9H,3,5,8H2,1H3,(H,12,13,15). The maximum Gasteiger partial charge on any atom is 0.226 e. The fourth-order valence-corrected chi connectivity index (χ4v) is 1.78. The van der Waals surface area contributed by atoms with Gasteiger partial charge in [0.15, 0.2) is 5.82 Å². The summed E-state index contributed by atoms with van der Waals surface area (Å²) in [5.74, 6) is 1.09. The van der Waals surface area contributed by atoms with E-state index in [1.54, 1.807) is 10.7 Å². The fourth-order valence-electron chi connectivity index (χ4n) is 1.78. The normalized spacial score (nSPS) is 19.4. The Hall–Kier alpha value is -1.58. The zero-order chi connectivity index (χ0) is 10.7. The van der Waals surface area contributed by atoms with Gasteiger partial charge >= 0.3 is 0 Å². The summed E-state index contributed by atoms with van der Waals surface area (Å²) >= 11 is 0. The molecule has 4 heteroatoms. The lowest BCUT2D eigenvalue weighted by Gasteiger charge is -2.06. The van der Waals surface area contributed by atoms with E-state index in [-0.39, 0.29) is 5.91 Å². The van der Waals surface area contributed by atoms with Crippen LogP contribution < -0.4 is 5.32 Å². The molecule has 1 aliphatic rings. The van der Waals surface area contributed by atoms with E-state index in [1.165, 1.54) is 0 Å². The summed E-state index contributed by atoms with van der Waals surface area (Å²) in [6.07, 6.45) is 8.83. The Morgan fingerprint density at radius 2 is 2.60 bits per heavy atom. The van der Waals surface area contributed by atoms with Gasteiger partial charge in [0.1, 0.15) is 0 Å². The van der Waals surface area contributed by atoms with Crippen LogP contribution in [0.25, 0.3) is 0 Å². The number of anilines is 1. The molecule has 0 aliphatic heterocycles. The SMILES string of the molecule is Cn1ccc(NC(=O)CC2C=CCC2)n1. The van der Waals surface area contributed by atoms with Gasteiger partial charge in [0.2, 0.25) is 5.91 Å². The molecular formula is C11H15N3O. The van der Waals surface area contributed by atoms with Crippen molar-refractivity contribution in [3.8, 4) is 0 Å². The van der Waals surface area contributed by atoms with Crippen LogP contribution >= 0.6 is 0 Å². The van der Waals surface area contributed by atoms with E-state index in [1.807, 2.05) is 13.2 Å². The van der Waals surface area contributed by atoms with Crippen molar-refractivity contribution in [3.63, 3.8) is 0 Å². The van der Waals surface area contributed by atoms with Crippen LogP contribution in [0.15, 0.2) is 24.4 Å². The summed E-state index contributed by atoms with van der Waals surface area (Å²) in [4.78, 5) is 11.6. The van der Waals surface area contributed by atoms with Gasteiger partial charge in [0.25, 0.3) is 0 Å². The van der Waals surface area contributed by atoms with Gasteiger partial charge in [0, 0.05) is 25.7 Å². The van der Waals surface area contributed by atoms with Gasteiger partial charge in [-0.2, -0.15) is 5.10 Å². The van der Waals surface area contributed by atoms with Crippen molar-refractivity contribution < 1.29 is 4.79 Å². The van der Waals surface area contributed by atoms with E-state index in [0.29, 0.717) is 18.2 Å². The fraction of sp³-hybridized carbons (Fsp3) is 0.455. The molecule has 80 valence electrons. The van der Waals surface area contributed by atoms with Crippen molar-refractivity contribution in [1.29, 1.82) is 0 Å². The van der Waals surface area contributed by atoms with E-state index < -0.39 is 0 Å². The van der Waals surface area contributed by atoms with Gasteiger partial charge in [-0.05, 0) is 18.8 Å². The van der Waals surface area contributed by atoms with Crippen LogP contribution in [-0.4, -0.2) is 15.7 Å².